The monoisotopic (exact) mass is 402 g/mol. The van der Waals surface area contributed by atoms with E-state index in [0.717, 1.165) is 17.7 Å². The highest BCUT2D eigenvalue weighted by molar-refractivity contribution is 6.34. The van der Waals surface area contributed by atoms with Crippen LogP contribution in [0.25, 0.3) is 0 Å². The number of halogens is 1. The Morgan fingerprint density at radius 2 is 1.93 bits per heavy atom. The molecule has 2 amide bonds. The van der Waals surface area contributed by atoms with Gasteiger partial charge in [0.1, 0.15) is 0 Å². The van der Waals surface area contributed by atoms with Gasteiger partial charge in [0.15, 0.2) is 11.5 Å². The average molecular weight is 403 g/mol. The maximum atomic E-state index is 12.7. The molecule has 1 unspecified atom stereocenters. The second-order valence-corrected chi connectivity index (χ2v) is 7.01. The highest BCUT2D eigenvalue weighted by Gasteiger charge is 2.35. The number of hydrogen-bond acceptors (Lipinski definition) is 4. The number of aryl methyl sites for hydroxylation is 1. The Morgan fingerprint density at radius 1 is 1.21 bits per heavy atom. The van der Waals surface area contributed by atoms with Crippen molar-refractivity contribution in [3.63, 3.8) is 0 Å². The molecule has 1 aliphatic rings. The Bertz CT molecular complexity index is 900. The van der Waals surface area contributed by atoms with Gasteiger partial charge in [-0.05, 0) is 24.1 Å². The van der Waals surface area contributed by atoms with Crippen molar-refractivity contribution < 1.29 is 19.1 Å². The number of nitrogens with one attached hydrogen (secondary N) is 1. The van der Waals surface area contributed by atoms with Gasteiger partial charge >= 0.3 is 0 Å². The molecule has 1 aliphatic heterocycles. The van der Waals surface area contributed by atoms with E-state index in [1.54, 1.807) is 17.0 Å². The van der Waals surface area contributed by atoms with E-state index in [1.807, 2.05) is 24.3 Å². The Balaban J connectivity index is 1.75. The molecule has 148 valence electrons. The molecular weight excluding hydrogens is 380 g/mol. The molecule has 1 saturated heterocycles. The highest BCUT2D eigenvalue weighted by Crippen LogP contribution is 2.36. The van der Waals surface area contributed by atoms with Crippen LogP contribution >= 0.6 is 11.6 Å². The molecule has 28 heavy (non-hydrogen) atoms. The van der Waals surface area contributed by atoms with E-state index in [2.05, 4.69) is 12.2 Å². The number of hydrogen-bond donors (Lipinski definition) is 1. The minimum absolute atomic E-state index is 0.0631. The van der Waals surface area contributed by atoms with E-state index in [1.165, 1.54) is 14.2 Å². The van der Waals surface area contributed by atoms with E-state index in [9.17, 15) is 9.59 Å². The van der Waals surface area contributed by atoms with Crippen molar-refractivity contribution in [2.75, 3.05) is 31.0 Å². The molecule has 6 nitrogen and oxygen atoms in total. The lowest BCUT2D eigenvalue weighted by Gasteiger charge is -2.18. The summed E-state index contributed by atoms with van der Waals surface area (Å²) >= 11 is 6.25. The second-order valence-electron chi connectivity index (χ2n) is 6.61. The zero-order chi connectivity index (χ0) is 20.3. The summed E-state index contributed by atoms with van der Waals surface area (Å²) in [4.78, 5) is 26.9. The number of carbonyl (C=O) groups is 2. The van der Waals surface area contributed by atoms with E-state index in [0.29, 0.717) is 28.8 Å². The first-order valence-corrected chi connectivity index (χ1v) is 9.46. The van der Waals surface area contributed by atoms with E-state index in [4.69, 9.17) is 21.1 Å². The zero-order valence-electron chi connectivity index (χ0n) is 16.1. The summed E-state index contributed by atoms with van der Waals surface area (Å²) in [6.07, 6.45) is 1.05. The fourth-order valence-corrected chi connectivity index (χ4v) is 3.46. The fourth-order valence-electron chi connectivity index (χ4n) is 3.26. The number of anilines is 2. The topological polar surface area (TPSA) is 67.9 Å². The van der Waals surface area contributed by atoms with E-state index >= 15 is 0 Å². The fraction of sp³-hybridized carbons (Fsp3) is 0.333. The molecule has 2 aromatic rings. The Hall–Kier alpha value is -2.73. The van der Waals surface area contributed by atoms with Gasteiger partial charge in [-0.3, -0.25) is 9.59 Å². The van der Waals surface area contributed by atoms with Gasteiger partial charge in [0.2, 0.25) is 11.8 Å². The number of amides is 2. The maximum absolute atomic E-state index is 12.7. The molecule has 1 atom stereocenters. The van der Waals surface area contributed by atoms with Gasteiger partial charge < -0.3 is 19.7 Å². The average Bonchev–Trinajstić information content (AvgIpc) is 3.11. The predicted molar refractivity (Wildman–Crippen MR) is 109 cm³/mol. The summed E-state index contributed by atoms with van der Waals surface area (Å²) in [5.74, 6) is 0.164. The van der Waals surface area contributed by atoms with Crippen molar-refractivity contribution in [2.24, 2.45) is 5.92 Å². The summed E-state index contributed by atoms with van der Waals surface area (Å²) in [6, 6.07) is 11.0. The summed E-state index contributed by atoms with van der Waals surface area (Å²) in [5.41, 5.74) is 2.39. The Kier molecular flexibility index (Phi) is 6.09. The standard InChI is InChI=1S/C21H23ClN2O4/c1-4-13-6-5-7-15(8-13)24-12-14(9-20(24)25)21(26)23-17-11-19(28-3)18(27-2)10-16(17)22/h5-8,10-11,14H,4,9,12H2,1-3H3,(H,23,26). The number of benzene rings is 2. The van der Waals surface area contributed by atoms with Crippen molar-refractivity contribution >= 4 is 34.8 Å². The normalized spacial score (nSPS) is 16.2. The minimum Gasteiger partial charge on any atom is -0.493 e. The van der Waals surface area contributed by atoms with Gasteiger partial charge in [-0.2, -0.15) is 0 Å². The van der Waals surface area contributed by atoms with Crippen LogP contribution in [0.5, 0.6) is 11.5 Å². The van der Waals surface area contributed by atoms with Gasteiger partial charge in [0, 0.05) is 30.8 Å². The van der Waals surface area contributed by atoms with Crippen molar-refractivity contribution in [1.29, 1.82) is 0 Å². The van der Waals surface area contributed by atoms with Crippen molar-refractivity contribution in [2.45, 2.75) is 19.8 Å². The number of rotatable bonds is 6. The van der Waals surface area contributed by atoms with Crippen LogP contribution in [-0.4, -0.2) is 32.6 Å². The lowest BCUT2D eigenvalue weighted by molar-refractivity contribution is -0.122. The van der Waals surface area contributed by atoms with Crippen molar-refractivity contribution in [3.05, 3.63) is 47.0 Å². The van der Waals surface area contributed by atoms with Gasteiger partial charge in [-0.1, -0.05) is 30.7 Å². The molecule has 0 bridgehead atoms. The van der Waals surface area contributed by atoms with Crippen LogP contribution in [0, 0.1) is 5.92 Å². The third-order valence-electron chi connectivity index (χ3n) is 4.86. The first-order chi connectivity index (χ1) is 13.5. The zero-order valence-corrected chi connectivity index (χ0v) is 16.9. The van der Waals surface area contributed by atoms with E-state index in [-0.39, 0.29) is 18.2 Å². The molecule has 0 spiro atoms. The molecule has 0 aliphatic carbocycles. The molecule has 1 fully saturated rings. The lowest BCUT2D eigenvalue weighted by atomic mass is 10.1. The SMILES string of the molecule is CCc1cccc(N2CC(C(=O)Nc3cc(OC)c(OC)cc3Cl)CC2=O)c1. The molecule has 1 N–H and O–H groups in total. The quantitative estimate of drug-likeness (QED) is 0.795. The molecule has 7 heteroatoms. The van der Waals surface area contributed by atoms with Gasteiger partial charge in [0.25, 0.3) is 0 Å². The van der Waals surface area contributed by atoms with Crippen LogP contribution in [0.2, 0.25) is 5.02 Å². The van der Waals surface area contributed by atoms with Crippen molar-refractivity contribution in [1.82, 2.24) is 0 Å². The van der Waals surface area contributed by atoms with Crippen LogP contribution < -0.4 is 19.7 Å². The lowest BCUT2D eigenvalue weighted by Crippen LogP contribution is -2.28. The first-order valence-electron chi connectivity index (χ1n) is 9.08. The molecule has 0 saturated carbocycles. The van der Waals surface area contributed by atoms with Crippen LogP contribution in [0.15, 0.2) is 36.4 Å². The van der Waals surface area contributed by atoms with Gasteiger partial charge in [0.05, 0.1) is 30.8 Å². The Morgan fingerprint density at radius 3 is 2.61 bits per heavy atom. The molecule has 0 radical (unpaired) electrons. The molecule has 2 aromatic carbocycles. The highest BCUT2D eigenvalue weighted by atomic mass is 35.5. The van der Waals surface area contributed by atoms with Crippen molar-refractivity contribution in [3.8, 4) is 11.5 Å². The van der Waals surface area contributed by atoms with Crippen LogP contribution in [0.1, 0.15) is 18.9 Å². The molecular formula is C21H23ClN2O4. The molecule has 1 heterocycles. The predicted octanol–water partition coefficient (Wildman–Crippen LogP) is 3.91. The number of carbonyl (C=O) groups excluding carboxylic acids is 2. The maximum Gasteiger partial charge on any atom is 0.229 e. The van der Waals surface area contributed by atoms with Crippen LogP contribution in [0.3, 0.4) is 0 Å². The smallest absolute Gasteiger partial charge is 0.229 e. The molecule has 3 rings (SSSR count). The molecule has 0 aromatic heterocycles. The summed E-state index contributed by atoms with van der Waals surface area (Å²) in [6.45, 7) is 2.40. The first kappa shape index (κ1) is 20.0. The van der Waals surface area contributed by atoms with Crippen LogP contribution in [-0.2, 0) is 16.0 Å². The number of ether oxygens (including phenoxy) is 2. The van der Waals surface area contributed by atoms with E-state index < -0.39 is 5.92 Å². The number of nitrogens with zero attached hydrogens (tertiary/aromatic N) is 1. The summed E-state index contributed by atoms with van der Waals surface area (Å²) in [5, 5.41) is 3.14. The second kappa shape index (κ2) is 8.52. The summed E-state index contributed by atoms with van der Waals surface area (Å²) < 4.78 is 10.5. The largest absolute Gasteiger partial charge is 0.493 e. The summed E-state index contributed by atoms with van der Waals surface area (Å²) in [7, 11) is 3.02. The third kappa shape index (κ3) is 4.07. The minimum atomic E-state index is -0.457. The third-order valence-corrected chi connectivity index (χ3v) is 5.17. The van der Waals surface area contributed by atoms with Gasteiger partial charge in [-0.25, -0.2) is 0 Å². The Labute approximate surface area is 169 Å². The van der Waals surface area contributed by atoms with Gasteiger partial charge in [-0.15, -0.1) is 0 Å². The van der Waals surface area contributed by atoms with Crippen LogP contribution in [0.4, 0.5) is 11.4 Å². The number of methoxy groups -OCH3 is 2.